The maximum absolute atomic E-state index is 2.51. The van der Waals surface area contributed by atoms with E-state index >= 15 is 0 Å². The summed E-state index contributed by atoms with van der Waals surface area (Å²) in [5.41, 5.74) is 32.2. The van der Waals surface area contributed by atoms with Gasteiger partial charge in [0.05, 0.1) is 0 Å². The van der Waals surface area contributed by atoms with E-state index in [9.17, 15) is 0 Å². The highest BCUT2D eigenvalue weighted by atomic mass is 14.4. The molecular weight excluding hydrogens is 1010 g/mol. The third-order valence-electron chi connectivity index (χ3n) is 18.0. The van der Waals surface area contributed by atoms with Gasteiger partial charge in [-0.2, -0.15) is 0 Å². The number of benzene rings is 15. The predicted molar refractivity (Wildman–Crippen MR) is 357 cm³/mol. The molecule has 0 radical (unpaired) electrons. The van der Waals surface area contributed by atoms with Crippen LogP contribution in [-0.4, -0.2) is 0 Å². The van der Waals surface area contributed by atoms with Gasteiger partial charge in [0, 0.05) is 0 Å². The van der Waals surface area contributed by atoms with Crippen LogP contribution in [0.25, 0.3) is 177 Å². The van der Waals surface area contributed by atoms with Crippen LogP contribution in [0.2, 0.25) is 0 Å². The lowest BCUT2D eigenvalue weighted by atomic mass is 9.80. The lowest BCUT2D eigenvalue weighted by molar-refractivity contribution is 1.57. The molecular formula is C84H52. The van der Waals surface area contributed by atoms with Crippen molar-refractivity contribution >= 4 is 32.3 Å². The van der Waals surface area contributed by atoms with Crippen LogP contribution in [0.3, 0.4) is 0 Å². The summed E-state index contributed by atoms with van der Waals surface area (Å²) >= 11 is 0. The van der Waals surface area contributed by atoms with E-state index < -0.39 is 0 Å². The topological polar surface area (TPSA) is 0 Å². The van der Waals surface area contributed by atoms with Gasteiger partial charge < -0.3 is 0 Å². The first kappa shape index (κ1) is 47.8. The van der Waals surface area contributed by atoms with Crippen molar-refractivity contribution in [1.82, 2.24) is 0 Å². The lowest BCUT2D eigenvalue weighted by Crippen LogP contribution is -1.96. The molecule has 388 valence electrons. The summed E-state index contributed by atoms with van der Waals surface area (Å²) in [4.78, 5) is 0. The SMILES string of the molecule is c1ccc(-c2cccc(-c3ccc(-c4ccccc4)c4c3-c3ccc(-c5ccc6c7c(cccc57)-c5c-6c(-c6cccc(-c7ccccc7)c6)c6cc(-c7ccccc7)c(-c7ccccc7)cc6c5-c5ccccc5)c5cccc-4c35)c2)cc1. The Morgan fingerprint density at radius 3 is 0.893 bits per heavy atom. The van der Waals surface area contributed by atoms with Crippen LogP contribution < -0.4 is 0 Å². The molecule has 15 aromatic rings. The first-order chi connectivity index (χ1) is 41.7. The van der Waals surface area contributed by atoms with Crippen LogP contribution in [0, 0.1) is 0 Å². The van der Waals surface area contributed by atoms with E-state index in [-0.39, 0.29) is 0 Å². The van der Waals surface area contributed by atoms with Gasteiger partial charge in [-0.15, -0.1) is 0 Å². The fourth-order valence-corrected chi connectivity index (χ4v) is 14.3. The quantitative estimate of drug-likeness (QED) is 0.135. The molecule has 0 heteroatoms. The fourth-order valence-electron chi connectivity index (χ4n) is 14.3. The molecule has 2 aliphatic rings. The lowest BCUT2D eigenvalue weighted by Gasteiger charge is -2.23. The van der Waals surface area contributed by atoms with Crippen molar-refractivity contribution in [1.29, 1.82) is 0 Å². The molecule has 0 N–H and O–H groups in total. The summed E-state index contributed by atoms with van der Waals surface area (Å²) in [6.45, 7) is 0. The van der Waals surface area contributed by atoms with Crippen molar-refractivity contribution in [3.8, 4) is 145 Å². The number of fused-ring (bicyclic) bond motifs is 7. The summed E-state index contributed by atoms with van der Waals surface area (Å²) in [5.74, 6) is 0. The second kappa shape index (κ2) is 19.4. The standard InChI is InChI=1S/C84H52/c1-7-23-53(24-8-1)59-35-19-37-61(49-59)64-44-43-63(55-27-11-3-12-28-55)81-69-41-21-39-67-65(45-47-71(79(67)69)82(64)81)66-46-48-72-80-68(66)40-22-42-70(80)83-77(58-33-17-6-18-34-58)75-51-73(56-29-13-4-14-30-56)74(57-31-15-5-16-32-57)52-76(75)78(84(72)83)62-38-20-36-60(50-62)54-25-9-2-10-26-54/h1-52H. The average molecular weight is 1060 g/mol. The monoisotopic (exact) mass is 1060 g/mol. The van der Waals surface area contributed by atoms with Crippen LogP contribution in [0.4, 0.5) is 0 Å². The molecule has 0 fully saturated rings. The van der Waals surface area contributed by atoms with Crippen LogP contribution >= 0.6 is 0 Å². The van der Waals surface area contributed by atoms with Crippen LogP contribution in [0.1, 0.15) is 0 Å². The van der Waals surface area contributed by atoms with Crippen molar-refractivity contribution in [3.05, 3.63) is 315 Å². The summed E-state index contributed by atoms with van der Waals surface area (Å²) in [6, 6.07) is 118. The average Bonchev–Trinajstić information content (AvgIpc) is 1.90. The number of hydrogen-bond acceptors (Lipinski definition) is 0. The minimum atomic E-state index is 1.19. The summed E-state index contributed by atoms with van der Waals surface area (Å²) in [5, 5.41) is 7.58. The zero-order valence-electron chi connectivity index (χ0n) is 46.0. The Morgan fingerprint density at radius 1 is 0.119 bits per heavy atom. The molecule has 0 unspecified atom stereocenters. The van der Waals surface area contributed by atoms with Crippen LogP contribution in [0.5, 0.6) is 0 Å². The molecule has 0 aromatic heterocycles. The minimum absolute atomic E-state index is 1.19. The van der Waals surface area contributed by atoms with Crippen LogP contribution in [-0.2, 0) is 0 Å². The Morgan fingerprint density at radius 2 is 0.417 bits per heavy atom. The fraction of sp³-hybridized carbons (Fsp3) is 0. The van der Waals surface area contributed by atoms with Crippen molar-refractivity contribution in [2.75, 3.05) is 0 Å². The van der Waals surface area contributed by atoms with Crippen LogP contribution in [0.15, 0.2) is 315 Å². The predicted octanol–water partition coefficient (Wildman–Crippen LogP) is 23.4. The largest absolute Gasteiger partial charge is 0.0622 e. The Hall–Kier alpha value is -10.9. The molecule has 17 rings (SSSR count). The van der Waals surface area contributed by atoms with E-state index in [0.29, 0.717) is 0 Å². The van der Waals surface area contributed by atoms with E-state index in [0.717, 1.165) is 0 Å². The molecule has 2 aliphatic carbocycles. The van der Waals surface area contributed by atoms with E-state index in [1.807, 2.05) is 0 Å². The summed E-state index contributed by atoms with van der Waals surface area (Å²) < 4.78 is 0. The van der Waals surface area contributed by atoms with Crippen molar-refractivity contribution in [2.45, 2.75) is 0 Å². The molecule has 0 nitrogen and oxygen atoms in total. The first-order valence-electron chi connectivity index (χ1n) is 29.2. The number of rotatable bonds is 9. The van der Waals surface area contributed by atoms with Crippen molar-refractivity contribution in [3.63, 3.8) is 0 Å². The highest BCUT2D eigenvalue weighted by molar-refractivity contribution is 6.31. The molecule has 84 heavy (non-hydrogen) atoms. The highest BCUT2D eigenvalue weighted by Gasteiger charge is 2.34. The molecule has 0 saturated heterocycles. The highest BCUT2D eigenvalue weighted by Crippen LogP contribution is 2.61. The molecule has 0 bridgehead atoms. The smallest absolute Gasteiger partial charge is 0.000740 e. The zero-order chi connectivity index (χ0) is 55.2. The summed E-state index contributed by atoms with van der Waals surface area (Å²) in [6.07, 6.45) is 0. The Balaban J connectivity index is 0.934. The molecule has 0 saturated carbocycles. The first-order valence-corrected chi connectivity index (χ1v) is 29.2. The Kier molecular flexibility index (Phi) is 11.0. The molecule has 0 heterocycles. The van der Waals surface area contributed by atoms with Gasteiger partial charge in [-0.05, 0) is 201 Å². The molecule has 0 atom stereocenters. The van der Waals surface area contributed by atoms with E-state index in [4.69, 9.17) is 0 Å². The van der Waals surface area contributed by atoms with Gasteiger partial charge in [0.1, 0.15) is 0 Å². The third-order valence-corrected chi connectivity index (χ3v) is 18.0. The maximum Gasteiger partial charge on any atom is -0.000740 e. The van der Waals surface area contributed by atoms with Gasteiger partial charge in [-0.1, -0.05) is 291 Å². The number of hydrogen-bond donors (Lipinski definition) is 0. The van der Waals surface area contributed by atoms with E-state index in [1.54, 1.807) is 0 Å². The minimum Gasteiger partial charge on any atom is -0.0622 e. The van der Waals surface area contributed by atoms with Crippen molar-refractivity contribution in [2.24, 2.45) is 0 Å². The normalized spacial score (nSPS) is 11.8. The molecule has 0 aliphatic heterocycles. The second-order valence-corrected chi connectivity index (χ2v) is 22.5. The van der Waals surface area contributed by atoms with Gasteiger partial charge >= 0.3 is 0 Å². The third kappa shape index (κ3) is 7.48. The van der Waals surface area contributed by atoms with Gasteiger partial charge in [-0.3, -0.25) is 0 Å². The van der Waals surface area contributed by atoms with E-state index in [2.05, 4.69) is 315 Å². The molecule has 0 amide bonds. The van der Waals surface area contributed by atoms with Gasteiger partial charge in [0.2, 0.25) is 0 Å². The Bertz CT molecular complexity index is 5120. The second-order valence-electron chi connectivity index (χ2n) is 22.5. The molecule has 15 aromatic carbocycles. The zero-order valence-corrected chi connectivity index (χ0v) is 46.0. The van der Waals surface area contributed by atoms with Gasteiger partial charge in [0.25, 0.3) is 0 Å². The Labute approximate surface area is 489 Å². The maximum atomic E-state index is 2.51. The summed E-state index contributed by atoms with van der Waals surface area (Å²) in [7, 11) is 0. The molecule has 0 spiro atoms. The van der Waals surface area contributed by atoms with Gasteiger partial charge in [0.15, 0.2) is 0 Å². The van der Waals surface area contributed by atoms with E-state index in [1.165, 1.54) is 177 Å². The van der Waals surface area contributed by atoms with Crippen molar-refractivity contribution < 1.29 is 0 Å². The van der Waals surface area contributed by atoms with Gasteiger partial charge in [-0.25, -0.2) is 0 Å².